The van der Waals surface area contributed by atoms with Crippen LogP contribution in [0.3, 0.4) is 0 Å². The number of ether oxygens (including phenoxy) is 1. The molecule has 0 bridgehead atoms. The van der Waals surface area contributed by atoms with Crippen LogP contribution in [0.2, 0.25) is 0 Å². The van der Waals surface area contributed by atoms with Gasteiger partial charge in [0, 0.05) is 6.54 Å². The number of benzene rings is 1. The van der Waals surface area contributed by atoms with Gasteiger partial charge >= 0.3 is 0 Å². The number of aliphatic hydroxyl groups excluding tert-OH is 1. The van der Waals surface area contributed by atoms with Crippen molar-refractivity contribution >= 4 is 11.7 Å². The lowest BCUT2D eigenvalue weighted by atomic mass is 9.96. The quantitative estimate of drug-likeness (QED) is 0.490. The Balaban J connectivity index is 2.22. The molecule has 0 radical (unpaired) electrons. The zero-order valence-electron chi connectivity index (χ0n) is 19.2. The molecule has 0 aromatic heterocycles. The molecule has 1 aromatic rings. The van der Waals surface area contributed by atoms with Crippen molar-refractivity contribution < 1.29 is 24.5 Å². The number of carbonyl (C=O) groups is 2. The van der Waals surface area contributed by atoms with Crippen LogP contribution < -0.4 is 4.74 Å². The van der Waals surface area contributed by atoms with Crippen LogP contribution in [0.4, 0.5) is 0 Å². The number of hydrogen-bond donors (Lipinski definition) is 2. The molecule has 0 saturated heterocycles. The first-order valence-corrected chi connectivity index (χ1v) is 11.2. The van der Waals surface area contributed by atoms with Gasteiger partial charge in [-0.3, -0.25) is 9.59 Å². The van der Waals surface area contributed by atoms with Crippen LogP contribution in [0, 0.1) is 0 Å². The van der Waals surface area contributed by atoms with Crippen molar-refractivity contribution in [3.8, 4) is 11.5 Å². The molecule has 0 aliphatic carbocycles. The first-order chi connectivity index (χ1) is 14.8. The highest BCUT2D eigenvalue weighted by Gasteiger charge is 2.42. The van der Waals surface area contributed by atoms with Crippen molar-refractivity contribution in [3.05, 3.63) is 35.1 Å². The van der Waals surface area contributed by atoms with E-state index >= 15 is 0 Å². The average molecular weight is 433 g/mol. The molecule has 7 heteroatoms. The molecule has 1 heterocycles. The van der Waals surface area contributed by atoms with Crippen LogP contribution in [0.1, 0.15) is 64.5 Å². The summed E-state index contributed by atoms with van der Waals surface area (Å²) in [7, 11) is 1.44. The number of unbranched alkanes of at least 4 members (excludes halogenated alkanes) is 2. The smallest absolute Gasteiger partial charge is 0.290 e. The third-order valence-corrected chi connectivity index (χ3v) is 5.73. The van der Waals surface area contributed by atoms with Crippen molar-refractivity contribution in [2.24, 2.45) is 0 Å². The minimum atomic E-state index is -0.695. The fraction of sp³-hybridized carbons (Fsp3) is 0.583. The Kier molecular flexibility index (Phi) is 9.37. The Labute approximate surface area is 185 Å². The van der Waals surface area contributed by atoms with Crippen molar-refractivity contribution in [1.29, 1.82) is 0 Å². The van der Waals surface area contributed by atoms with Gasteiger partial charge in [-0.25, -0.2) is 0 Å². The van der Waals surface area contributed by atoms with Gasteiger partial charge in [0.2, 0.25) is 0 Å². The number of ketones is 1. The zero-order chi connectivity index (χ0) is 23.0. The molecular weight excluding hydrogens is 396 g/mol. The Hall–Kier alpha value is -2.54. The SMILES string of the molecule is CCCCN(CCCC)CCCN1C(=O)C(O)=C(C(C)=O)[C@H]1c1ccc(O)c(OC)c1. The molecule has 7 nitrogen and oxygen atoms in total. The molecule has 0 fully saturated rings. The third kappa shape index (κ3) is 6.00. The van der Waals surface area contributed by atoms with E-state index in [-0.39, 0.29) is 22.9 Å². The molecule has 2 N–H and O–H groups in total. The van der Waals surface area contributed by atoms with Gasteiger partial charge in [-0.2, -0.15) is 0 Å². The second-order valence-electron chi connectivity index (χ2n) is 8.05. The number of methoxy groups -OCH3 is 1. The Morgan fingerprint density at radius 2 is 1.71 bits per heavy atom. The lowest BCUT2D eigenvalue weighted by molar-refractivity contribution is -0.129. The molecular formula is C24H36N2O5. The monoisotopic (exact) mass is 432 g/mol. The Bertz CT molecular complexity index is 797. The van der Waals surface area contributed by atoms with Gasteiger partial charge in [-0.15, -0.1) is 0 Å². The summed E-state index contributed by atoms with van der Waals surface area (Å²) in [6.07, 6.45) is 5.29. The van der Waals surface area contributed by atoms with Crippen molar-refractivity contribution in [2.75, 3.05) is 33.3 Å². The van der Waals surface area contributed by atoms with Crippen LogP contribution in [-0.2, 0) is 9.59 Å². The molecule has 172 valence electrons. The topological polar surface area (TPSA) is 90.3 Å². The molecule has 0 spiro atoms. The van der Waals surface area contributed by atoms with Gasteiger partial charge in [0.05, 0.1) is 18.7 Å². The minimum Gasteiger partial charge on any atom is -0.504 e. The van der Waals surface area contributed by atoms with Crippen LogP contribution in [0.25, 0.3) is 0 Å². The molecule has 1 aliphatic rings. The van der Waals surface area contributed by atoms with Gasteiger partial charge < -0.3 is 24.7 Å². The maximum Gasteiger partial charge on any atom is 0.290 e. The number of phenols is 1. The van der Waals surface area contributed by atoms with E-state index in [4.69, 9.17) is 4.74 Å². The van der Waals surface area contributed by atoms with Gasteiger partial charge in [0.15, 0.2) is 23.0 Å². The third-order valence-electron chi connectivity index (χ3n) is 5.73. The van der Waals surface area contributed by atoms with E-state index in [1.807, 2.05) is 0 Å². The standard InChI is InChI=1S/C24H36N2O5/c1-5-7-12-25(13-8-6-2)14-9-15-26-22(21(17(3)27)23(29)24(26)30)18-10-11-19(28)20(16-18)31-4/h10-11,16,22,28-29H,5-9,12-15H2,1-4H3/t22-/m1/s1. The molecule has 1 aromatic carbocycles. The highest BCUT2D eigenvalue weighted by molar-refractivity contribution is 6.08. The number of Topliss-reactive ketones (excluding diaryl/α,β-unsaturated/α-hetero) is 1. The zero-order valence-corrected chi connectivity index (χ0v) is 19.2. The highest BCUT2D eigenvalue weighted by atomic mass is 16.5. The van der Waals surface area contributed by atoms with Crippen LogP contribution in [0.5, 0.6) is 11.5 Å². The predicted octanol–water partition coefficient (Wildman–Crippen LogP) is 3.98. The lowest BCUT2D eigenvalue weighted by Gasteiger charge is -2.28. The molecule has 1 amide bonds. The number of carbonyl (C=O) groups excluding carboxylic acids is 2. The van der Waals surface area contributed by atoms with Crippen LogP contribution in [-0.4, -0.2) is 65.0 Å². The molecule has 1 aliphatic heterocycles. The second-order valence-corrected chi connectivity index (χ2v) is 8.05. The summed E-state index contributed by atoms with van der Waals surface area (Å²) in [5.74, 6) is -1.14. The summed E-state index contributed by atoms with van der Waals surface area (Å²) < 4.78 is 5.19. The van der Waals surface area contributed by atoms with E-state index < -0.39 is 17.7 Å². The summed E-state index contributed by atoms with van der Waals surface area (Å²) in [6, 6.07) is 4.04. The molecule has 31 heavy (non-hydrogen) atoms. The normalized spacial score (nSPS) is 16.5. The van der Waals surface area contributed by atoms with Crippen LogP contribution in [0.15, 0.2) is 29.5 Å². The van der Waals surface area contributed by atoms with Crippen molar-refractivity contribution in [3.63, 3.8) is 0 Å². The van der Waals surface area contributed by atoms with E-state index in [1.54, 1.807) is 17.0 Å². The maximum absolute atomic E-state index is 12.8. The maximum atomic E-state index is 12.8. The number of hydrogen-bond acceptors (Lipinski definition) is 6. The number of rotatable bonds is 13. The number of nitrogens with zero attached hydrogens (tertiary/aromatic N) is 2. The van der Waals surface area contributed by atoms with E-state index in [1.165, 1.54) is 20.1 Å². The summed E-state index contributed by atoms with van der Waals surface area (Å²) in [6.45, 7) is 9.04. The number of amides is 1. The fourth-order valence-corrected chi connectivity index (χ4v) is 4.02. The van der Waals surface area contributed by atoms with E-state index in [0.29, 0.717) is 12.1 Å². The molecule has 0 unspecified atom stereocenters. The lowest BCUT2D eigenvalue weighted by Crippen LogP contribution is -2.35. The van der Waals surface area contributed by atoms with E-state index in [9.17, 15) is 19.8 Å². The first-order valence-electron chi connectivity index (χ1n) is 11.2. The van der Waals surface area contributed by atoms with Gasteiger partial charge in [0.25, 0.3) is 5.91 Å². The first kappa shape index (κ1) is 24.7. The highest BCUT2D eigenvalue weighted by Crippen LogP contribution is 2.40. The number of phenolic OH excluding ortho intramolecular Hbond substituents is 1. The summed E-state index contributed by atoms with van der Waals surface area (Å²) >= 11 is 0. The Morgan fingerprint density at radius 1 is 1.10 bits per heavy atom. The van der Waals surface area contributed by atoms with Crippen molar-refractivity contribution in [2.45, 2.75) is 58.9 Å². The van der Waals surface area contributed by atoms with Crippen LogP contribution >= 0.6 is 0 Å². The number of aliphatic hydroxyl groups is 1. The van der Waals surface area contributed by atoms with Gasteiger partial charge in [0.1, 0.15) is 0 Å². The van der Waals surface area contributed by atoms with E-state index in [2.05, 4.69) is 18.7 Å². The molecule has 1 atom stereocenters. The largest absolute Gasteiger partial charge is 0.504 e. The second kappa shape index (κ2) is 11.7. The fourth-order valence-electron chi connectivity index (χ4n) is 4.02. The molecule has 0 saturated carbocycles. The Morgan fingerprint density at radius 3 is 2.26 bits per heavy atom. The van der Waals surface area contributed by atoms with Crippen molar-refractivity contribution in [1.82, 2.24) is 9.80 Å². The van der Waals surface area contributed by atoms with Gasteiger partial charge in [-0.05, 0) is 63.5 Å². The minimum absolute atomic E-state index is 0.0257. The molecule has 2 rings (SSSR count). The summed E-state index contributed by atoms with van der Waals surface area (Å²) in [5.41, 5.74) is 0.706. The predicted molar refractivity (Wildman–Crippen MR) is 120 cm³/mol. The van der Waals surface area contributed by atoms with E-state index in [0.717, 1.165) is 51.7 Å². The summed E-state index contributed by atoms with van der Waals surface area (Å²) in [4.78, 5) is 29.1. The van der Waals surface area contributed by atoms with Gasteiger partial charge in [-0.1, -0.05) is 32.8 Å². The number of aromatic hydroxyl groups is 1. The average Bonchev–Trinajstić information content (AvgIpc) is 3.00. The summed E-state index contributed by atoms with van der Waals surface area (Å²) in [5, 5.41) is 20.4.